The van der Waals surface area contributed by atoms with Gasteiger partial charge in [-0.2, -0.15) is 5.26 Å². The SMILES string of the molecule is CCCCC1=C(Cc2ccc(C3=CC=CC=CC3C#N)cc2)CC(=O)N(C)C(CC)=N1. The molecule has 0 radical (unpaired) electrons. The van der Waals surface area contributed by atoms with Crippen LogP contribution < -0.4 is 0 Å². The lowest BCUT2D eigenvalue weighted by atomic mass is 9.91. The molecule has 1 aliphatic heterocycles. The summed E-state index contributed by atoms with van der Waals surface area (Å²) in [7, 11) is 1.83. The van der Waals surface area contributed by atoms with Crippen LogP contribution in [0.4, 0.5) is 0 Å². The van der Waals surface area contributed by atoms with Crippen molar-refractivity contribution in [3.8, 4) is 6.07 Å². The summed E-state index contributed by atoms with van der Waals surface area (Å²) in [5.74, 6) is 0.712. The molecule has 1 atom stereocenters. The fourth-order valence-corrected chi connectivity index (χ4v) is 3.97. The molecule has 4 nitrogen and oxygen atoms in total. The molecule has 0 N–H and O–H groups in total. The minimum absolute atomic E-state index is 0.109. The molecule has 1 heterocycles. The van der Waals surface area contributed by atoms with Crippen molar-refractivity contribution in [2.24, 2.45) is 10.9 Å². The van der Waals surface area contributed by atoms with E-state index in [0.29, 0.717) is 6.42 Å². The fraction of sp³-hybridized carbons (Fsp3) is 0.370. The van der Waals surface area contributed by atoms with Crippen LogP contribution in [0.3, 0.4) is 0 Å². The van der Waals surface area contributed by atoms with Crippen molar-refractivity contribution in [2.75, 3.05) is 7.05 Å². The Morgan fingerprint density at radius 2 is 1.94 bits per heavy atom. The van der Waals surface area contributed by atoms with Crippen LogP contribution in [0.15, 0.2) is 70.9 Å². The van der Waals surface area contributed by atoms with Crippen molar-refractivity contribution in [3.63, 3.8) is 0 Å². The van der Waals surface area contributed by atoms with Crippen molar-refractivity contribution < 1.29 is 4.79 Å². The highest BCUT2D eigenvalue weighted by atomic mass is 16.2. The lowest BCUT2D eigenvalue weighted by molar-refractivity contribution is -0.125. The molecule has 1 amide bonds. The zero-order chi connectivity index (χ0) is 22.2. The number of aliphatic imine (C=N–C) groups is 1. The maximum Gasteiger partial charge on any atom is 0.231 e. The Kier molecular flexibility index (Phi) is 7.78. The molecule has 1 aliphatic carbocycles. The van der Waals surface area contributed by atoms with E-state index in [9.17, 15) is 10.1 Å². The van der Waals surface area contributed by atoms with Gasteiger partial charge in [-0.1, -0.05) is 74.9 Å². The highest BCUT2D eigenvalue weighted by Crippen LogP contribution is 2.29. The normalized spacial score (nSPS) is 19.0. The summed E-state index contributed by atoms with van der Waals surface area (Å²) in [6.07, 6.45) is 14.7. The predicted molar refractivity (Wildman–Crippen MR) is 127 cm³/mol. The molecule has 0 bridgehead atoms. The number of nitriles is 1. The predicted octanol–water partition coefficient (Wildman–Crippen LogP) is 5.99. The van der Waals surface area contributed by atoms with Crippen molar-refractivity contribution >= 4 is 17.3 Å². The van der Waals surface area contributed by atoms with Gasteiger partial charge in [-0.3, -0.25) is 4.79 Å². The first kappa shape index (κ1) is 22.5. The Balaban J connectivity index is 1.88. The minimum atomic E-state index is -0.249. The number of amides is 1. The van der Waals surface area contributed by atoms with E-state index in [0.717, 1.165) is 65.9 Å². The van der Waals surface area contributed by atoms with Crippen LogP contribution in [0.1, 0.15) is 57.1 Å². The standard InChI is InChI=1S/C27H31N3O/c1-4-6-12-25-23(18-27(31)30(3)26(5-2)29-25)17-20-13-15-21(16-14-20)24-11-9-7-8-10-22(24)19-28/h7-11,13-16,22H,4-6,12,17-18H2,1-3H3. The number of rotatable bonds is 7. The first-order valence-electron chi connectivity index (χ1n) is 11.2. The van der Waals surface area contributed by atoms with E-state index in [1.807, 2.05) is 44.4 Å². The minimum Gasteiger partial charge on any atom is -0.303 e. The third-order valence-corrected chi connectivity index (χ3v) is 5.86. The van der Waals surface area contributed by atoms with Crippen LogP contribution in [-0.2, 0) is 11.2 Å². The van der Waals surface area contributed by atoms with Crippen molar-refractivity contribution in [1.82, 2.24) is 4.90 Å². The summed E-state index contributed by atoms with van der Waals surface area (Å²) in [5, 5.41) is 9.51. The second-order valence-corrected chi connectivity index (χ2v) is 8.04. The van der Waals surface area contributed by atoms with Gasteiger partial charge < -0.3 is 4.90 Å². The molecular formula is C27H31N3O. The number of nitrogens with zero attached hydrogens (tertiary/aromatic N) is 3. The molecule has 2 aliphatic rings. The van der Waals surface area contributed by atoms with E-state index < -0.39 is 0 Å². The summed E-state index contributed by atoms with van der Waals surface area (Å²) in [4.78, 5) is 19.3. The van der Waals surface area contributed by atoms with Crippen LogP contribution in [0.25, 0.3) is 5.57 Å². The molecule has 4 heteroatoms. The molecule has 160 valence electrons. The second kappa shape index (κ2) is 10.7. The second-order valence-electron chi connectivity index (χ2n) is 8.04. The summed E-state index contributed by atoms with van der Waals surface area (Å²) < 4.78 is 0. The molecule has 0 aromatic heterocycles. The Hall–Kier alpha value is -3.19. The first-order chi connectivity index (χ1) is 15.1. The number of carbonyl (C=O) groups is 1. The van der Waals surface area contributed by atoms with Gasteiger partial charge in [0.1, 0.15) is 5.84 Å². The molecule has 0 saturated heterocycles. The average Bonchev–Trinajstić information content (AvgIpc) is 3.09. The van der Waals surface area contributed by atoms with E-state index in [-0.39, 0.29) is 11.8 Å². The van der Waals surface area contributed by atoms with Gasteiger partial charge >= 0.3 is 0 Å². The third-order valence-electron chi connectivity index (χ3n) is 5.86. The molecule has 1 aromatic rings. The number of hydrogen-bond donors (Lipinski definition) is 0. The third kappa shape index (κ3) is 5.49. The Morgan fingerprint density at radius 1 is 1.16 bits per heavy atom. The van der Waals surface area contributed by atoms with Crippen molar-refractivity contribution in [2.45, 2.75) is 52.4 Å². The van der Waals surface area contributed by atoms with Crippen LogP contribution in [0, 0.1) is 17.2 Å². The Labute approximate surface area is 186 Å². The number of allylic oxidation sites excluding steroid dienone is 7. The lowest BCUT2D eigenvalue weighted by Crippen LogP contribution is -2.31. The number of hydrogen-bond acceptors (Lipinski definition) is 3. The molecule has 0 spiro atoms. The maximum absolute atomic E-state index is 12.7. The van der Waals surface area contributed by atoms with E-state index >= 15 is 0 Å². The zero-order valence-electron chi connectivity index (χ0n) is 18.8. The van der Waals surface area contributed by atoms with Crippen LogP contribution >= 0.6 is 0 Å². The number of carbonyl (C=O) groups excluding carboxylic acids is 1. The van der Waals surface area contributed by atoms with Gasteiger partial charge in [0.15, 0.2) is 0 Å². The molecule has 31 heavy (non-hydrogen) atoms. The van der Waals surface area contributed by atoms with E-state index in [1.54, 1.807) is 4.90 Å². The Morgan fingerprint density at radius 3 is 2.61 bits per heavy atom. The zero-order valence-corrected chi connectivity index (χ0v) is 18.8. The smallest absolute Gasteiger partial charge is 0.231 e. The van der Waals surface area contributed by atoms with Gasteiger partial charge in [-0.05, 0) is 41.5 Å². The summed E-state index contributed by atoms with van der Waals surface area (Å²) in [5.41, 5.74) is 5.41. The van der Waals surface area contributed by atoms with Crippen molar-refractivity contribution in [1.29, 1.82) is 5.26 Å². The topological polar surface area (TPSA) is 56.5 Å². The molecule has 1 aromatic carbocycles. The summed E-state index contributed by atoms with van der Waals surface area (Å²) in [6, 6.07) is 10.7. The first-order valence-corrected chi connectivity index (χ1v) is 11.2. The van der Waals surface area contributed by atoms with Crippen LogP contribution in [0.5, 0.6) is 0 Å². The van der Waals surface area contributed by atoms with Gasteiger partial charge in [-0.25, -0.2) is 4.99 Å². The average molecular weight is 414 g/mol. The van der Waals surface area contributed by atoms with Gasteiger partial charge in [0.05, 0.1) is 18.4 Å². The van der Waals surface area contributed by atoms with E-state index in [4.69, 9.17) is 4.99 Å². The number of amidine groups is 1. The van der Waals surface area contributed by atoms with Gasteiger partial charge in [0, 0.05) is 19.2 Å². The van der Waals surface area contributed by atoms with Crippen LogP contribution in [-0.4, -0.2) is 23.7 Å². The number of benzene rings is 1. The molecule has 0 saturated carbocycles. The highest BCUT2D eigenvalue weighted by molar-refractivity contribution is 6.00. The lowest BCUT2D eigenvalue weighted by Gasteiger charge is -2.16. The van der Waals surface area contributed by atoms with E-state index in [2.05, 4.69) is 37.3 Å². The van der Waals surface area contributed by atoms with E-state index in [1.165, 1.54) is 0 Å². The quantitative estimate of drug-likeness (QED) is 0.551. The molecule has 0 fully saturated rings. The molecule has 3 rings (SSSR count). The van der Waals surface area contributed by atoms with Gasteiger partial charge in [0.2, 0.25) is 5.91 Å². The molecule has 1 unspecified atom stereocenters. The highest BCUT2D eigenvalue weighted by Gasteiger charge is 2.22. The van der Waals surface area contributed by atoms with Gasteiger partial charge in [0.25, 0.3) is 0 Å². The molecular weight excluding hydrogens is 382 g/mol. The number of unbranched alkanes of at least 4 members (excludes halogenated alkanes) is 1. The fourth-order valence-electron chi connectivity index (χ4n) is 3.97. The maximum atomic E-state index is 12.7. The van der Waals surface area contributed by atoms with Crippen LogP contribution in [0.2, 0.25) is 0 Å². The summed E-state index contributed by atoms with van der Waals surface area (Å²) >= 11 is 0. The Bertz CT molecular complexity index is 1000. The monoisotopic (exact) mass is 413 g/mol. The van der Waals surface area contributed by atoms with Gasteiger partial charge in [-0.15, -0.1) is 0 Å². The van der Waals surface area contributed by atoms with Crippen molar-refractivity contribution in [3.05, 3.63) is 77.0 Å². The largest absolute Gasteiger partial charge is 0.303 e. The summed E-state index contributed by atoms with van der Waals surface area (Å²) in [6.45, 7) is 4.23.